The number of amides is 1. The van der Waals surface area contributed by atoms with Gasteiger partial charge in [0.2, 0.25) is 5.91 Å². The molecular formula is C12H20F3N3O4. The lowest BCUT2D eigenvalue weighted by molar-refractivity contribution is -0.235. The van der Waals surface area contributed by atoms with Crippen LogP contribution in [0.25, 0.3) is 0 Å². The van der Waals surface area contributed by atoms with Crippen LogP contribution in [0.2, 0.25) is 0 Å². The van der Waals surface area contributed by atoms with Crippen molar-refractivity contribution in [1.29, 1.82) is 0 Å². The average molecular weight is 327 g/mol. The van der Waals surface area contributed by atoms with Crippen molar-refractivity contribution in [1.82, 2.24) is 15.3 Å². The van der Waals surface area contributed by atoms with Gasteiger partial charge >= 0.3 is 12.1 Å². The van der Waals surface area contributed by atoms with Crippen LogP contribution in [0, 0.1) is 0 Å². The van der Waals surface area contributed by atoms with Gasteiger partial charge in [-0.15, -0.1) is 5.06 Å². The van der Waals surface area contributed by atoms with E-state index in [9.17, 15) is 22.8 Å². The molecule has 1 heterocycles. The molecule has 0 aromatic heterocycles. The molecule has 1 saturated heterocycles. The molecule has 22 heavy (non-hydrogen) atoms. The highest BCUT2D eigenvalue weighted by Crippen LogP contribution is 2.19. The normalized spacial score (nSPS) is 19.5. The first kappa shape index (κ1) is 18.7. The maximum absolute atomic E-state index is 12.0. The molecule has 0 aromatic carbocycles. The number of carbonyl (C=O) groups excluding carboxylic acids is 2. The highest BCUT2D eigenvalue weighted by molar-refractivity contribution is 5.77. The maximum atomic E-state index is 12.0. The summed E-state index contributed by atoms with van der Waals surface area (Å²) >= 11 is 0. The van der Waals surface area contributed by atoms with Crippen molar-refractivity contribution < 1.29 is 32.3 Å². The number of hydroxylamine groups is 2. The van der Waals surface area contributed by atoms with Crippen LogP contribution in [0.5, 0.6) is 0 Å². The van der Waals surface area contributed by atoms with E-state index in [0.29, 0.717) is 19.6 Å². The molecule has 1 fully saturated rings. The number of likely N-dealkylation sites (N-methyl/N-ethyl adjacent to an activating group) is 1. The number of nitrogens with one attached hydrogen (secondary N) is 1. The zero-order valence-electron chi connectivity index (χ0n) is 12.5. The summed E-state index contributed by atoms with van der Waals surface area (Å²) in [5.41, 5.74) is 0. The summed E-state index contributed by atoms with van der Waals surface area (Å²) in [5, 5.41) is 3.51. The van der Waals surface area contributed by atoms with Gasteiger partial charge < -0.3 is 19.8 Å². The Kier molecular flexibility index (Phi) is 7.04. The Bertz CT molecular complexity index is 390. The summed E-state index contributed by atoms with van der Waals surface area (Å²) in [7, 11) is 3.75. The quantitative estimate of drug-likeness (QED) is 0.652. The molecule has 10 heteroatoms. The zero-order valence-corrected chi connectivity index (χ0v) is 12.5. The van der Waals surface area contributed by atoms with Crippen LogP contribution in [0.1, 0.15) is 6.42 Å². The lowest BCUT2D eigenvalue weighted by atomic mass is 10.2. The molecule has 1 aliphatic rings. The van der Waals surface area contributed by atoms with Crippen LogP contribution in [0.3, 0.4) is 0 Å². The first-order valence-electron chi connectivity index (χ1n) is 6.74. The van der Waals surface area contributed by atoms with E-state index in [1.807, 2.05) is 19.0 Å². The van der Waals surface area contributed by atoms with Gasteiger partial charge in [0.05, 0.1) is 13.2 Å². The Hall–Kier alpha value is -1.39. The summed E-state index contributed by atoms with van der Waals surface area (Å²) in [4.78, 5) is 28.4. The van der Waals surface area contributed by atoms with E-state index >= 15 is 0 Å². The molecule has 0 spiro atoms. The maximum Gasteiger partial charge on any atom is 0.492 e. The standard InChI is InChI=1S/C12H20F3N3O4/c1-17(2)5-6-21-8-10(19)16-9-3-4-18(7-9)22-11(20)12(13,14)15/h9H,3-8H2,1-2H3,(H,16,19)/t9-/m0/s1. The Morgan fingerprint density at radius 1 is 1.36 bits per heavy atom. The lowest BCUT2D eigenvalue weighted by Gasteiger charge is -2.17. The zero-order chi connectivity index (χ0) is 16.8. The molecule has 0 bridgehead atoms. The minimum atomic E-state index is -5.03. The van der Waals surface area contributed by atoms with Gasteiger partial charge in [-0.1, -0.05) is 0 Å². The lowest BCUT2D eigenvalue weighted by Crippen LogP contribution is -2.40. The first-order chi connectivity index (χ1) is 10.2. The molecule has 0 aromatic rings. The molecule has 128 valence electrons. The summed E-state index contributed by atoms with van der Waals surface area (Å²) in [5.74, 6) is -2.61. The highest BCUT2D eigenvalue weighted by atomic mass is 19.4. The monoisotopic (exact) mass is 327 g/mol. The molecule has 1 N–H and O–H groups in total. The van der Waals surface area contributed by atoms with Crippen molar-refractivity contribution in [3.05, 3.63) is 0 Å². The number of rotatable bonds is 7. The number of hydrogen-bond donors (Lipinski definition) is 1. The van der Waals surface area contributed by atoms with Gasteiger partial charge in [-0.05, 0) is 20.5 Å². The predicted molar refractivity (Wildman–Crippen MR) is 69.6 cm³/mol. The third kappa shape index (κ3) is 7.05. The Morgan fingerprint density at radius 2 is 2.05 bits per heavy atom. The second kappa shape index (κ2) is 8.30. The van der Waals surface area contributed by atoms with Gasteiger partial charge in [0.25, 0.3) is 0 Å². The Balaban J connectivity index is 2.21. The van der Waals surface area contributed by atoms with Crippen molar-refractivity contribution in [2.24, 2.45) is 0 Å². The third-order valence-corrected chi connectivity index (χ3v) is 2.88. The summed E-state index contributed by atoms with van der Waals surface area (Å²) in [6.07, 6.45) is -4.63. The van der Waals surface area contributed by atoms with Crippen molar-refractivity contribution >= 4 is 11.9 Å². The summed E-state index contributed by atoms with van der Waals surface area (Å²) in [6, 6.07) is -0.369. The van der Waals surface area contributed by atoms with Crippen molar-refractivity contribution in [3.63, 3.8) is 0 Å². The number of hydrogen-bond acceptors (Lipinski definition) is 6. The summed E-state index contributed by atoms with van der Waals surface area (Å²) < 4.78 is 41.3. The van der Waals surface area contributed by atoms with Gasteiger partial charge in [-0.2, -0.15) is 13.2 Å². The van der Waals surface area contributed by atoms with E-state index in [1.165, 1.54) is 0 Å². The van der Waals surface area contributed by atoms with Gasteiger partial charge in [0.1, 0.15) is 6.61 Å². The van der Waals surface area contributed by atoms with Crippen LogP contribution >= 0.6 is 0 Å². The van der Waals surface area contributed by atoms with Gasteiger partial charge in [-0.3, -0.25) is 4.79 Å². The number of ether oxygens (including phenoxy) is 1. The minimum Gasteiger partial charge on any atom is -0.370 e. The Labute approximate surface area is 126 Å². The van der Waals surface area contributed by atoms with Crippen LogP contribution in [-0.2, 0) is 19.2 Å². The van der Waals surface area contributed by atoms with Gasteiger partial charge in [0.15, 0.2) is 0 Å². The van der Waals surface area contributed by atoms with Crippen LogP contribution in [0.4, 0.5) is 13.2 Å². The Morgan fingerprint density at radius 3 is 2.64 bits per heavy atom. The van der Waals surface area contributed by atoms with E-state index in [1.54, 1.807) is 0 Å². The predicted octanol–water partition coefficient (Wildman–Crippen LogP) is -0.224. The molecule has 1 atom stereocenters. The van der Waals surface area contributed by atoms with E-state index < -0.39 is 12.1 Å². The second-order valence-corrected chi connectivity index (χ2v) is 5.17. The van der Waals surface area contributed by atoms with E-state index in [2.05, 4.69) is 10.2 Å². The smallest absolute Gasteiger partial charge is 0.370 e. The summed E-state index contributed by atoms with van der Waals surface area (Å²) in [6.45, 7) is 1.12. The molecule has 1 rings (SSSR count). The first-order valence-corrected chi connectivity index (χ1v) is 6.74. The molecule has 0 aliphatic carbocycles. The van der Waals surface area contributed by atoms with Crippen molar-refractivity contribution in [3.8, 4) is 0 Å². The molecule has 0 saturated carbocycles. The number of alkyl halides is 3. The van der Waals surface area contributed by atoms with Crippen molar-refractivity contribution in [2.75, 3.05) is 46.9 Å². The van der Waals surface area contributed by atoms with Crippen LogP contribution in [-0.4, -0.2) is 81.0 Å². The molecule has 0 unspecified atom stereocenters. The second-order valence-electron chi connectivity index (χ2n) is 5.17. The van der Waals surface area contributed by atoms with Crippen LogP contribution < -0.4 is 5.32 Å². The number of carbonyl (C=O) groups is 2. The largest absolute Gasteiger partial charge is 0.492 e. The molecule has 1 aliphatic heterocycles. The molecule has 1 amide bonds. The third-order valence-electron chi connectivity index (χ3n) is 2.88. The van der Waals surface area contributed by atoms with Crippen molar-refractivity contribution in [2.45, 2.75) is 18.6 Å². The van der Waals surface area contributed by atoms with Crippen LogP contribution in [0.15, 0.2) is 0 Å². The number of halogens is 3. The fourth-order valence-corrected chi connectivity index (χ4v) is 1.78. The molecule has 0 radical (unpaired) electrons. The molecule has 7 nitrogen and oxygen atoms in total. The fourth-order valence-electron chi connectivity index (χ4n) is 1.78. The number of nitrogens with zero attached hydrogens (tertiary/aromatic N) is 2. The van der Waals surface area contributed by atoms with E-state index in [0.717, 1.165) is 5.06 Å². The average Bonchev–Trinajstić information content (AvgIpc) is 2.80. The minimum absolute atomic E-state index is 0.0191. The SMILES string of the molecule is CN(C)CCOCC(=O)N[C@H]1CCN(OC(=O)C(F)(F)F)C1. The molecular weight excluding hydrogens is 307 g/mol. The van der Waals surface area contributed by atoms with Gasteiger partial charge in [0, 0.05) is 19.1 Å². The van der Waals surface area contributed by atoms with E-state index in [4.69, 9.17) is 4.74 Å². The topological polar surface area (TPSA) is 71.1 Å². The fraction of sp³-hybridized carbons (Fsp3) is 0.833. The van der Waals surface area contributed by atoms with E-state index in [-0.39, 0.29) is 31.6 Å². The van der Waals surface area contributed by atoms with Gasteiger partial charge in [-0.25, -0.2) is 4.79 Å². The highest BCUT2D eigenvalue weighted by Gasteiger charge is 2.43.